The van der Waals surface area contributed by atoms with Gasteiger partial charge in [-0.15, -0.1) is 10.2 Å². The summed E-state index contributed by atoms with van der Waals surface area (Å²) in [6.07, 6.45) is 2.72. The zero-order chi connectivity index (χ0) is 9.80. The maximum absolute atomic E-state index is 5.49. The van der Waals surface area contributed by atoms with Crippen LogP contribution in [0.4, 0.5) is 5.13 Å². The molecule has 0 bridgehead atoms. The third-order valence-electron chi connectivity index (χ3n) is 2.25. The van der Waals surface area contributed by atoms with Gasteiger partial charge in [-0.05, 0) is 25.9 Å². The van der Waals surface area contributed by atoms with Crippen LogP contribution in [-0.2, 0) is 0 Å². The zero-order valence-corrected chi connectivity index (χ0v) is 9.61. The molecular formula is C8H14N4S2. The topological polar surface area (TPSA) is 55.0 Å². The first kappa shape index (κ1) is 10.2. The fourth-order valence-electron chi connectivity index (χ4n) is 1.55. The lowest BCUT2D eigenvalue weighted by Crippen LogP contribution is -2.21. The molecule has 6 heteroatoms. The van der Waals surface area contributed by atoms with Crippen molar-refractivity contribution in [2.45, 2.75) is 17.2 Å². The highest BCUT2D eigenvalue weighted by atomic mass is 32.2. The number of anilines is 1. The van der Waals surface area contributed by atoms with Crippen LogP contribution in [0.25, 0.3) is 0 Å². The molecule has 2 N–H and O–H groups in total. The van der Waals surface area contributed by atoms with Gasteiger partial charge in [-0.25, -0.2) is 0 Å². The standard InChI is InChI=1S/C8H14N4S2/c9-7-10-11-8(14-7)13-6-5-12-3-1-2-4-12/h1-6H2,(H2,9,10). The number of nitrogen functional groups attached to an aromatic ring is 1. The van der Waals surface area contributed by atoms with E-state index in [1.807, 2.05) is 0 Å². The predicted molar refractivity (Wildman–Crippen MR) is 60.7 cm³/mol. The smallest absolute Gasteiger partial charge is 0.203 e. The molecule has 2 heterocycles. The maximum Gasteiger partial charge on any atom is 0.203 e. The summed E-state index contributed by atoms with van der Waals surface area (Å²) in [6, 6.07) is 0. The zero-order valence-electron chi connectivity index (χ0n) is 7.98. The quantitative estimate of drug-likeness (QED) is 0.790. The van der Waals surface area contributed by atoms with Gasteiger partial charge >= 0.3 is 0 Å². The summed E-state index contributed by atoms with van der Waals surface area (Å²) in [7, 11) is 0. The first-order valence-corrected chi connectivity index (χ1v) is 6.59. The largest absolute Gasteiger partial charge is 0.374 e. The monoisotopic (exact) mass is 230 g/mol. The van der Waals surface area contributed by atoms with E-state index in [1.165, 1.54) is 37.3 Å². The molecule has 0 saturated carbocycles. The van der Waals surface area contributed by atoms with Gasteiger partial charge < -0.3 is 10.6 Å². The van der Waals surface area contributed by atoms with Gasteiger partial charge in [0, 0.05) is 12.3 Å². The molecule has 0 aliphatic carbocycles. The normalized spacial score (nSPS) is 17.7. The van der Waals surface area contributed by atoms with Crippen molar-refractivity contribution in [3.8, 4) is 0 Å². The van der Waals surface area contributed by atoms with E-state index < -0.39 is 0 Å². The summed E-state index contributed by atoms with van der Waals surface area (Å²) >= 11 is 3.22. The third kappa shape index (κ3) is 2.83. The second kappa shape index (κ2) is 4.95. The van der Waals surface area contributed by atoms with Crippen molar-refractivity contribution in [2.24, 2.45) is 0 Å². The second-order valence-electron chi connectivity index (χ2n) is 3.30. The minimum absolute atomic E-state index is 0.564. The molecule has 0 aromatic carbocycles. The maximum atomic E-state index is 5.49. The van der Waals surface area contributed by atoms with Gasteiger partial charge in [0.15, 0.2) is 4.34 Å². The Labute approximate surface area is 91.9 Å². The number of thioether (sulfide) groups is 1. The molecule has 4 nitrogen and oxygen atoms in total. The van der Waals surface area contributed by atoms with E-state index in [4.69, 9.17) is 5.73 Å². The van der Waals surface area contributed by atoms with Crippen LogP contribution < -0.4 is 5.73 Å². The number of likely N-dealkylation sites (tertiary alicyclic amines) is 1. The summed E-state index contributed by atoms with van der Waals surface area (Å²) in [5, 5.41) is 8.31. The second-order valence-corrected chi connectivity index (χ2v) is 5.65. The number of nitrogens with zero attached hydrogens (tertiary/aromatic N) is 3. The molecule has 0 amide bonds. The molecule has 1 saturated heterocycles. The van der Waals surface area contributed by atoms with Gasteiger partial charge in [0.25, 0.3) is 0 Å². The molecule has 14 heavy (non-hydrogen) atoms. The first-order chi connectivity index (χ1) is 6.84. The van der Waals surface area contributed by atoms with Crippen LogP contribution in [0, 0.1) is 0 Å². The fourth-order valence-corrected chi connectivity index (χ4v) is 3.25. The summed E-state index contributed by atoms with van der Waals surface area (Å²) in [5.41, 5.74) is 5.49. The highest BCUT2D eigenvalue weighted by Crippen LogP contribution is 2.23. The van der Waals surface area contributed by atoms with Crippen LogP contribution in [-0.4, -0.2) is 40.5 Å². The first-order valence-electron chi connectivity index (χ1n) is 4.79. The van der Waals surface area contributed by atoms with Crippen LogP contribution in [0.3, 0.4) is 0 Å². The van der Waals surface area contributed by atoms with Crippen molar-refractivity contribution in [1.29, 1.82) is 0 Å². The third-order valence-corrected chi connectivity index (χ3v) is 4.12. The van der Waals surface area contributed by atoms with Crippen molar-refractivity contribution in [3.05, 3.63) is 0 Å². The minimum Gasteiger partial charge on any atom is -0.374 e. The Balaban J connectivity index is 1.67. The average molecular weight is 230 g/mol. The highest BCUT2D eigenvalue weighted by Gasteiger charge is 2.11. The molecule has 0 radical (unpaired) electrons. The summed E-state index contributed by atoms with van der Waals surface area (Å²) in [5.74, 6) is 1.09. The van der Waals surface area contributed by atoms with Gasteiger partial charge in [-0.3, -0.25) is 0 Å². The Morgan fingerprint density at radius 1 is 1.36 bits per heavy atom. The molecule has 2 rings (SSSR count). The van der Waals surface area contributed by atoms with Gasteiger partial charge in [0.2, 0.25) is 5.13 Å². The van der Waals surface area contributed by atoms with E-state index in [1.54, 1.807) is 11.8 Å². The van der Waals surface area contributed by atoms with Crippen molar-refractivity contribution >= 4 is 28.2 Å². The highest BCUT2D eigenvalue weighted by molar-refractivity contribution is 8.01. The lowest BCUT2D eigenvalue weighted by atomic mass is 10.4. The van der Waals surface area contributed by atoms with Crippen LogP contribution >= 0.6 is 23.1 Å². The molecule has 1 aliphatic heterocycles. The van der Waals surface area contributed by atoms with Crippen LogP contribution in [0.15, 0.2) is 4.34 Å². The van der Waals surface area contributed by atoms with Crippen molar-refractivity contribution in [3.63, 3.8) is 0 Å². The van der Waals surface area contributed by atoms with Gasteiger partial charge in [-0.2, -0.15) is 0 Å². The number of hydrogen-bond donors (Lipinski definition) is 1. The Morgan fingerprint density at radius 2 is 2.14 bits per heavy atom. The molecule has 0 spiro atoms. The summed E-state index contributed by atoms with van der Waals surface area (Å²) < 4.78 is 0.988. The Bertz CT molecular complexity index is 283. The predicted octanol–water partition coefficient (Wildman–Crippen LogP) is 1.31. The SMILES string of the molecule is Nc1nnc(SCCN2CCCC2)s1. The summed E-state index contributed by atoms with van der Waals surface area (Å²) in [4.78, 5) is 2.50. The molecule has 1 aromatic rings. The molecular weight excluding hydrogens is 216 g/mol. The number of rotatable bonds is 4. The van der Waals surface area contributed by atoms with Gasteiger partial charge in [0.05, 0.1) is 0 Å². The molecule has 1 aliphatic rings. The molecule has 0 unspecified atom stereocenters. The van der Waals surface area contributed by atoms with Gasteiger partial charge in [-0.1, -0.05) is 23.1 Å². The number of aromatic nitrogens is 2. The number of hydrogen-bond acceptors (Lipinski definition) is 6. The lowest BCUT2D eigenvalue weighted by Gasteiger charge is -2.12. The molecule has 1 aromatic heterocycles. The Kier molecular flexibility index (Phi) is 3.61. The van der Waals surface area contributed by atoms with E-state index in [0.29, 0.717) is 5.13 Å². The van der Waals surface area contributed by atoms with Gasteiger partial charge in [0.1, 0.15) is 0 Å². The van der Waals surface area contributed by atoms with Crippen molar-refractivity contribution in [1.82, 2.24) is 15.1 Å². The van der Waals surface area contributed by atoms with Crippen molar-refractivity contribution < 1.29 is 0 Å². The molecule has 78 valence electrons. The van der Waals surface area contributed by atoms with E-state index in [2.05, 4.69) is 15.1 Å². The van der Waals surface area contributed by atoms with Crippen LogP contribution in [0.2, 0.25) is 0 Å². The Hall–Kier alpha value is -0.330. The van der Waals surface area contributed by atoms with E-state index in [0.717, 1.165) is 16.6 Å². The fraction of sp³-hybridized carbons (Fsp3) is 0.750. The lowest BCUT2D eigenvalue weighted by molar-refractivity contribution is 0.362. The minimum atomic E-state index is 0.564. The van der Waals surface area contributed by atoms with E-state index in [-0.39, 0.29) is 0 Å². The Morgan fingerprint density at radius 3 is 2.79 bits per heavy atom. The van der Waals surface area contributed by atoms with Crippen LogP contribution in [0.1, 0.15) is 12.8 Å². The summed E-state index contributed by atoms with van der Waals surface area (Å²) in [6.45, 7) is 3.68. The van der Waals surface area contributed by atoms with Crippen LogP contribution in [0.5, 0.6) is 0 Å². The van der Waals surface area contributed by atoms with Crippen molar-refractivity contribution in [2.75, 3.05) is 31.1 Å². The molecule has 1 fully saturated rings. The van der Waals surface area contributed by atoms with E-state index in [9.17, 15) is 0 Å². The average Bonchev–Trinajstić information content (AvgIpc) is 2.77. The molecule has 0 atom stereocenters. The van der Waals surface area contributed by atoms with E-state index >= 15 is 0 Å². The number of nitrogens with two attached hydrogens (primary N) is 1.